The van der Waals surface area contributed by atoms with Crippen molar-refractivity contribution in [2.24, 2.45) is 4.99 Å². The number of anilines is 1. The summed E-state index contributed by atoms with van der Waals surface area (Å²) in [4.78, 5) is 28.8. The Morgan fingerprint density at radius 2 is 2.00 bits per heavy atom. The number of ketones is 1. The number of amidine groups is 1. The number of amides is 1. The van der Waals surface area contributed by atoms with Gasteiger partial charge in [0.15, 0.2) is 20.8 Å². The summed E-state index contributed by atoms with van der Waals surface area (Å²) in [5, 5.41) is 0.363. The van der Waals surface area contributed by atoms with E-state index in [0.29, 0.717) is 16.4 Å². The zero-order valence-corrected chi connectivity index (χ0v) is 14.4. The van der Waals surface area contributed by atoms with E-state index in [1.807, 2.05) is 0 Å². The van der Waals surface area contributed by atoms with Crippen molar-refractivity contribution in [1.29, 1.82) is 0 Å². The van der Waals surface area contributed by atoms with Crippen molar-refractivity contribution >= 4 is 44.1 Å². The fourth-order valence-corrected chi connectivity index (χ4v) is 6.83. The lowest BCUT2D eigenvalue weighted by molar-refractivity contribution is -0.115. The molecule has 8 heteroatoms. The van der Waals surface area contributed by atoms with Gasteiger partial charge in [0, 0.05) is 23.4 Å². The highest BCUT2D eigenvalue weighted by Crippen LogP contribution is 2.41. The van der Waals surface area contributed by atoms with Crippen molar-refractivity contribution in [1.82, 2.24) is 0 Å². The Bertz CT molecular complexity index is 817. The minimum atomic E-state index is -3.09. The van der Waals surface area contributed by atoms with Gasteiger partial charge in [0.1, 0.15) is 0 Å². The van der Waals surface area contributed by atoms with E-state index in [2.05, 4.69) is 4.99 Å². The molecule has 0 N–H and O–H groups in total. The van der Waals surface area contributed by atoms with Crippen LogP contribution in [0.15, 0.2) is 29.3 Å². The van der Waals surface area contributed by atoms with Crippen LogP contribution in [0, 0.1) is 0 Å². The predicted octanol–water partition coefficient (Wildman–Crippen LogP) is 1.51. The molecule has 0 bridgehead atoms. The minimum absolute atomic E-state index is 0.0336. The largest absolute Gasteiger partial charge is 0.316 e. The lowest BCUT2D eigenvalue weighted by atomic mass is 10.1. The topological polar surface area (TPSA) is 83.9 Å². The van der Waals surface area contributed by atoms with E-state index in [1.165, 1.54) is 25.6 Å². The average molecular weight is 352 g/mol. The molecule has 3 rings (SSSR count). The molecule has 0 aliphatic carbocycles. The molecule has 23 heavy (non-hydrogen) atoms. The van der Waals surface area contributed by atoms with Crippen molar-refractivity contribution < 1.29 is 18.0 Å². The van der Waals surface area contributed by atoms with E-state index in [-0.39, 0.29) is 34.5 Å². The highest BCUT2D eigenvalue weighted by Gasteiger charge is 2.49. The van der Waals surface area contributed by atoms with E-state index in [9.17, 15) is 18.0 Å². The van der Waals surface area contributed by atoms with Crippen molar-refractivity contribution in [3.05, 3.63) is 29.8 Å². The van der Waals surface area contributed by atoms with Gasteiger partial charge < -0.3 is 4.90 Å². The summed E-state index contributed by atoms with van der Waals surface area (Å²) in [6, 6.07) is 6.71. The number of hydrogen-bond donors (Lipinski definition) is 0. The Morgan fingerprint density at radius 3 is 2.65 bits per heavy atom. The second-order valence-electron chi connectivity index (χ2n) is 5.69. The van der Waals surface area contributed by atoms with Crippen LogP contribution in [0.1, 0.15) is 24.2 Å². The molecule has 0 aromatic heterocycles. The number of Topliss-reactive ketones (excluding diaryl/α,β-unsaturated/α-hetero) is 1. The molecule has 1 amide bonds. The first kappa shape index (κ1) is 16.2. The predicted molar refractivity (Wildman–Crippen MR) is 90.9 cm³/mol. The number of benzene rings is 1. The molecule has 1 aromatic carbocycles. The number of nitrogens with zero attached hydrogens (tertiary/aromatic N) is 2. The number of rotatable bonds is 2. The number of carbonyl (C=O) groups is 2. The van der Waals surface area contributed by atoms with E-state index in [0.717, 1.165) is 0 Å². The fourth-order valence-electron chi connectivity index (χ4n) is 2.88. The fraction of sp³-hybridized carbons (Fsp3) is 0.400. The maximum absolute atomic E-state index is 11.9. The van der Waals surface area contributed by atoms with Crippen LogP contribution < -0.4 is 4.90 Å². The molecule has 2 atom stereocenters. The van der Waals surface area contributed by atoms with Gasteiger partial charge in [-0.3, -0.25) is 9.59 Å². The molecule has 0 radical (unpaired) electrons. The second-order valence-corrected chi connectivity index (χ2v) is 9.05. The summed E-state index contributed by atoms with van der Waals surface area (Å²) in [7, 11) is -3.09. The molecule has 2 heterocycles. The van der Waals surface area contributed by atoms with E-state index < -0.39 is 9.84 Å². The SMILES string of the molecule is CC(=O)N=C1S[C@@H]2CS(=O)(=O)C[C@H]2N1c1cccc(C(C)=O)c1. The van der Waals surface area contributed by atoms with Crippen molar-refractivity contribution in [2.45, 2.75) is 25.1 Å². The standard InChI is InChI=1S/C15H16N2O4S2/c1-9(18)11-4-3-5-12(6-11)17-13-7-23(20,21)8-14(13)22-15(17)16-10(2)19/h3-6,13-14H,7-8H2,1-2H3/t13-,14-/m1/s1. The molecule has 0 spiro atoms. The lowest BCUT2D eigenvalue weighted by Crippen LogP contribution is -2.37. The van der Waals surface area contributed by atoms with E-state index >= 15 is 0 Å². The zero-order valence-electron chi connectivity index (χ0n) is 12.7. The molecule has 2 saturated heterocycles. The molecule has 2 fully saturated rings. The summed E-state index contributed by atoms with van der Waals surface area (Å²) in [6.07, 6.45) is 0. The first-order chi connectivity index (χ1) is 10.8. The van der Waals surface area contributed by atoms with Gasteiger partial charge in [0.05, 0.1) is 17.5 Å². The molecule has 0 unspecified atom stereocenters. The first-order valence-electron chi connectivity index (χ1n) is 7.13. The molecule has 0 saturated carbocycles. The van der Waals surface area contributed by atoms with Gasteiger partial charge >= 0.3 is 0 Å². The Kier molecular flexibility index (Phi) is 4.05. The third kappa shape index (κ3) is 3.18. The van der Waals surface area contributed by atoms with Crippen LogP contribution in [0.4, 0.5) is 5.69 Å². The average Bonchev–Trinajstić information content (AvgIpc) is 2.89. The van der Waals surface area contributed by atoms with Gasteiger partial charge in [0.2, 0.25) is 5.91 Å². The van der Waals surface area contributed by atoms with Gasteiger partial charge in [-0.2, -0.15) is 4.99 Å². The summed E-state index contributed by atoms with van der Waals surface area (Å²) in [5.74, 6) is -0.281. The van der Waals surface area contributed by atoms with Crippen LogP contribution in [0.5, 0.6) is 0 Å². The summed E-state index contributed by atoms with van der Waals surface area (Å²) in [6.45, 7) is 2.84. The highest BCUT2D eigenvalue weighted by atomic mass is 32.2. The van der Waals surface area contributed by atoms with Gasteiger partial charge in [-0.15, -0.1) is 0 Å². The van der Waals surface area contributed by atoms with Gasteiger partial charge in [-0.1, -0.05) is 23.9 Å². The van der Waals surface area contributed by atoms with E-state index in [4.69, 9.17) is 0 Å². The van der Waals surface area contributed by atoms with Crippen molar-refractivity contribution in [2.75, 3.05) is 16.4 Å². The normalized spacial score (nSPS) is 27.2. The zero-order chi connectivity index (χ0) is 16.8. The van der Waals surface area contributed by atoms with Crippen LogP contribution in [0.25, 0.3) is 0 Å². The molecule has 2 aliphatic rings. The van der Waals surface area contributed by atoms with Crippen LogP contribution in [-0.2, 0) is 14.6 Å². The molecule has 6 nitrogen and oxygen atoms in total. The monoisotopic (exact) mass is 352 g/mol. The van der Waals surface area contributed by atoms with Crippen molar-refractivity contribution in [3.63, 3.8) is 0 Å². The Hall–Kier alpha value is -1.67. The van der Waals surface area contributed by atoms with Crippen molar-refractivity contribution in [3.8, 4) is 0 Å². The molecular formula is C15H16N2O4S2. The highest BCUT2D eigenvalue weighted by molar-refractivity contribution is 8.16. The second kappa shape index (κ2) is 5.76. The van der Waals surface area contributed by atoms with Gasteiger partial charge in [-0.25, -0.2) is 8.42 Å². The quantitative estimate of drug-likeness (QED) is 0.750. The third-order valence-corrected chi connectivity index (χ3v) is 7.06. The number of thioether (sulfide) groups is 1. The first-order valence-corrected chi connectivity index (χ1v) is 9.83. The van der Waals surface area contributed by atoms with Crippen LogP contribution in [-0.4, -0.2) is 48.1 Å². The smallest absolute Gasteiger partial charge is 0.244 e. The van der Waals surface area contributed by atoms with Crippen LogP contribution >= 0.6 is 11.8 Å². The number of aliphatic imine (C=N–C) groups is 1. The van der Waals surface area contributed by atoms with Gasteiger partial charge in [0.25, 0.3) is 0 Å². The Morgan fingerprint density at radius 1 is 1.26 bits per heavy atom. The number of hydrogen-bond acceptors (Lipinski definition) is 5. The summed E-state index contributed by atoms with van der Waals surface area (Å²) in [5.41, 5.74) is 1.23. The molecular weight excluding hydrogens is 336 g/mol. The number of sulfone groups is 1. The maximum atomic E-state index is 11.9. The lowest BCUT2D eigenvalue weighted by Gasteiger charge is -2.24. The molecule has 1 aromatic rings. The molecule has 2 aliphatic heterocycles. The Balaban J connectivity index is 2.06. The summed E-state index contributed by atoms with van der Waals surface area (Å²) < 4.78 is 23.8. The summed E-state index contributed by atoms with van der Waals surface area (Å²) >= 11 is 1.32. The number of fused-ring (bicyclic) bond motifs is 1. The molecule has 122 valence electrons. The van der Waals surface area contributed by atoms with E-state index in [1.54, 1.807) is 29.2 Å². The van der Waals surface area contributed by atoms with Crippen LogP contribution in [0.3, 0.4) is 0 Å². The van der Waals surface area contributed by atoms with Gasteiger partial charge in [-0.05, 0) is 19.1 Å². The third-order valence-electron chi connectivity index (χ3n) is 3.85. The Labute approximate surface area is 138 Å². The number of carbonyl (C=O) groups excluding carboxylic acids is 2. The maximum Gasteiger partial charge on any atom is 0.244 e. The minimum Gasteiger partial charge on any atom is -0.316 e. The van der Waals surface area contributed by atoms with Crippen LogP contribution in [0.2, 0.25) is 0 Å².